The van der Waals surface area contributed by atoms with Crippen LogP contribution in [0.5, 0.6) is 0 Å². The number of pyridine rings is 1. The SMILES string of the molecule is CCC(CC)NC(=S)Nc1cccc(C)n1. The summed E-state index contributed by atoms with van der Waals surface area (Å²) in [4.78, 5) is 4.33. The Morgan fingerprint density at radius 3 is 2.62 bits per heavy atom. The van der Waals surface area contributed by atoms with Crippen molar-refractivity contribution < 1.29 is 0 Å². The van der Waals surface area contributed by atoms with Gasteiger partial charge in [-0.2, -0.15) is 0 Å². The summed E-state index contributed by atoms with van der Waals surface area (Å²) in [7, 11) is 0. The molecule has 16 heavy (non-hydrogen) atoms. The van der Waals surface area contributed by atoms with Crippen LogP contribution in [0.3, 0.4) is 0 Å². The molecule has 1 aromatic rings. The third-order valence-electron chi connectivity index (χ3n) is 2.45. The van der Waals surface area contributed by atoms with Crippen LogP contribution in [-0.2, 0) is 0 Å². The van der Waals surface area contributed by atoms with Gasteiger partial charge >= 0.3 is 0 Å². The number of aryl methyl sites for hydroxylation is 1. The summed E-state index contributed by atoms with van der Waals surface area (Å²) >= 11 is 5.23. The predicted octanol–water partition coefficient (Wildman–Crippen LogP) is 2.87. The van der Waals surface area contributed by atoms with Crippen molar-refractivity contribution in [3.63, 3.8) is 0 Å². The van der Waals surface area contributed by atoms with E-state index >= 15 is 0 Å². The van der Waals surface area contributed by atoms with Crippen LogP contribution >= 0.6 is 12.2 Å². The fourth-order valence-corrected chi connectivity index (χ4v) is 1.71. The molecule has 0 aliphatic heterocycles. The van der Waals surface area contributed by atoms with Crippen LogP contribution in [0.2, 0.25) is 0 Å². The highest BCUT2D eigenvalue weighted by molar-refractivity contribution is 7.80. The maximum absolute atomic E-state index is 5.23. The van der Waals surface area contributed by atoms with E-state index in [4.69, 9.17) is 12.2 Å². The molecule has 0 amide bonds. The van der Waals surface area contributed by atoms with Gasteiger partial charge in [0, 0.05) is 11.7 Å². The Hall–Kier alpha value is -1.16. The van der Waals surface area contributed by atoms with Crippen molar-refractivity contribution in [2.45, 2.75) is 39.7 Å². The first kappa shape index (κ1) is 12.9. The van der Waals surface area contributed by atoms with E-state index in [2.05, 4.69) is 29.5 Å². The number of aromatic nitrogens is 1. The summed E-state index contributed by atoms with van der Waals surface area (Å²) in [5.41, 5.74) is 0.982. The number of thiocarbonyl (C=S) groups is 1. The van der Waals surface area contributed by atoms with Crippen LogP contribution in [0.1, 0.15) is 32.4 Å². The highest BCUT2D eigenvalue weighted by atomic mass is 32.1. The molecule has 0 atom stereocenters. The van der Waals surface area contributed by atoms with Gasteiger partial charge in [-0.15, -0.1) is 0 Å². The number of anilines is 1. The zero-order valence-corrected chi connectivity index (χ0v) is 10.9. The van der Waals surface area contributed by atoms with Gasteiger partial charge in [-0.25, -0.2) is 4.98 Å². The second-order valence-corrected chi connectivity index (χ2v) is 4.18. The van der Waals surface area contributed by atoms with Crippen LogP contribution in [0.15, 0.2) is 18.2 Å². The van der Waals surface area contributed by atoms with Crippen molar-refractivity contribution in [1.82, 2.24) is 10.3 Å². The largest absolute Gasteiger partial charge is 0.360 e. The first-order valence-corrected chi connectivity index (χ1v) is 6.07. The molecule has 0 unspecified atom stereocenters. The quantitative estimate of drug-likeness (QED) is 0.790. The summed E-state index contributed by atoms with van der Waals surface area (Å²) in [5, 5.41) is 7.00. The van der Waals surface area contributed by atoms with E-state index in [0.717, 1.165) is 24.4 Å². The lowest BCUT2D eigenvalue weighted by atomic mass is 10.2. The maximum Gasteiger partial charge on any atom is 0.172 e. The second kappa shape index (κ2) is 6.43. The first-order valence-electron chi connectivity index (χ1n) is 5.66. The zero-order valence-electron chi connectivity index (χ0n) is 10.1. The van der Waals surface area contributed by atoms with E-state index in [1.54, 1.807) is 0 Å². The van der Waals surface area contributed by atoms with Gasteiger partial charge in [0.1, 0.15) is 5.82 Å². The third-order valence-corrected chi connectivity index (χ3v) is 2.67. The molecule has 0 spiro atoms. The number of nitrogens with zero attached hydrogens (tertiary/aromatic N) is 1. The summed E-state index contributed by atoms with van der Waals surface area (Å²) in [6.45, 7) is 6.26. The van der Waals surface area contributed by atoms with Crippen molar-refractivity contribution in [2.24, 2.45) is 0 Å². The molecule has 0 radical (unpaired) electrons. The summed E-state index contributed by atoms with van der Waals surface area (Å²) < 4.78 is 0. The Morgan fingerprint density at radius 1 is 1.38 bits per heavy atom. The number of nitrogens with one attached hydrogen (secondary N) is 2. The van der Waals surface area contributed by atoms with Gasteiger partial charge in [0.15, 0.2) is 5.11 Å². The fraction of sp³-hybridized carbons (Fsp3) is 0.500. The molecule has 0 bridgehead atoms. The highest BCUT2D eigenvalue weighted by Gasteiger charge is 2.05. The van der Waals surface area contributed by atoms with E-state index in [9.17, 15) is 0 Å². The Kier molecular flexibility index (Phi) is 5.19. The molecule has 2 N–H and O–H groups in total. The van der Waals surface area contributed by atoms with E-state index < -0.39 is 0 Å². The Balaban J connectivity index is 2.51. The van der Waals surface area contributed by atoms with Gasteiger partial charge in [-0.05, 0) is 44.1 Å². The van der Waals surface area contributed by atoms with Gasteiger partial charge in [-0.1, -0.05) is 19.9 Å². The number of rotatable bonds is 4. The zero-order chi connectivity index (χ0) is 12.0. The highest BCUT2D eigenvalue weighted by Crippen LogP contribution is 2.04. The van der Waals surface area contributed by atoms with Gasteiger partial charge in [0.2, 0.25) is 0 Å². The molecule has 1 rings (SSSR count). The number of hydrogen-bond donors (Lipinski definition) is 2. The van der Waals surface area contributed by atoms with Crippen molar-refractivity contribution >= 4 is 23.1 Å². The van der Waals surface area contributed by atoms with Gasteiger partial charge < -0.3 is 10.6 Å². The van der Waals surface area contributed by atoms with Crippen LogP contribution in [-0.4, -0.2) is 16.1 Å². The van der Waals surface area contributed by atoms with Crippen LogP contribution in [0, 0.1) is 6.92 Å². The van der Waals surface area contributed by atoms with Crippen LogP contribution < -0.4 is 10.6 Å². The van der Waals surface area contributed by atoms with Crippen molar-refractivity contribution in [3.05, 3.63) is 23.9 Å². The fourth-order valence-electron chi connectivity index (χ4n) is 1.44. The average molecular weight is 237 g/mol. The molecule has 0 aromatic carbocycles. The molecule has 0 saturated heterocycles. The smallest absolute Gasteiger partial charge is 0.172 e. The minimum Gasteiger partial charge on any atom is -0.360 e. The van der Waals surface area contributed by atoms with Gasteiger partial charge in [-0.3, -0.25) is 0 Å². The maximum atomic E-state index is 5.23. The number of hydrogen-bond acceptors (Lipinski definition) is 2. The van der Waals surface area contributed by atoms with E-state index in [1.165, 1.54) is 0 Å². The van der Waals surface area contributed by atoms with Crippen LogP contribution in [0.4, 0.5) is 5.82 Å². The van der Waals surface area contributed by atoms with E-state index in [0.29, 0.717) is 11.2 Å². The lowest BCUT2D eigenvalue weighted by Gasteiger charge is -2.17. The molecule has 0 aliphatic carbocycles. The van der Waals surface area contributed by atoms with Gasteiger partial charge in [0.25, 0.3) is 0 Å². The summed E-state index contributed by atoms with van der Waals surface area (Å²) in [6, 6.07) is 6.27. The van der Waals surface area contributed by atoms with E-state index in [-0.39, 0.29) is 0 Å². The Bertz CT molecular complexity index is 348. The Labute approximate surface area is 103 Å². The monoisotopic (exact) mass is 237 g/mol. The molecular weight excluding hydrogens is 218 g/mol. The minimum absolute atomic E-state index is 0.435. The van der Waals surface area contributed by atoms with Crippen molar-refractivity contribution in [3.8, 4) is 0 Å². The minimum atomic E-state index is 0.435. The van der Waals surface area contributed by atoms with Crippen molar-refractivity contribution in [2.75, 3.05) is 5.32 Å². The molecule has 3 nitrogen and oxygen atoms in total. The molecule has 1 heterocycles. The topological polar surface area (TPSA) is 37.0 Å². The van der Waals surface area contributed by atoms with Crippen molar-refractivity contribution in [1.29, 1.82) is 0 Å². The third kappa shape index (κ3) is 4.14. The predicted molar refractivity (Wildman–Crippen MR) is 72.7 cm³/mol. The lowest BCUT2D eigenvalue weighted by Crippen LogP contribution is -2.37. The molecule has 88 valence electrons. The van der Waals surface area contributed by atoms with Crippen LogP contribution in [0.25, 0.3) is 0 Å². The molecule has 4 heteroatoms. The van der Waals surface area contributed by atoms with E-state index in [1.807, 2.05) is 25.1 Å². The second-order valence-electron chi connectivity index (χ2n) is 3.78. The lowest BCUT2D eigenvalue weighted by molar-refractivity contribution is 0.573. The summed E-state index contributed by atoms with van der Waals surface area (Å²) in [5.74, 6) is 0.795. The first-order chi connectivity index (χ1) is 7.65. The van der Waals surface area contributed by atoms with Gasteiger partial charge in [0.05, 0.1) is 0 Å². The molecule has 0 fully saturated rings. The molecule has 0 aliphatic rings. The Morgan fingerprint density at radius 2 is 2.06 bits per heavy atom. The standard InChI is InChI=1S/C12H19N3S/c1-4-10(5-2)14-12(16)15-11-8-6-7-9(3)13-11/h6-8,10H,4-5H2,1-3H3,(H2,13,14,15,16). The normalized spacial score (nSPS) is 10.2. The molecule has 0 saturated carbocycles. The summed E-state index contributed by atoms with van der Waals surface area (Å²) in [6.07, 6.45) is 2.14. The molecular formula is C12H19N3S. The molecule has 1 aromatic heterocycles. The average Bonchev–Trinajstić information content (AvgIpc) is 2.26.